The number of rotatable bonds is 4. The topological polar surface area (TPSA) is 24.5 Å². The SMILES string of the molecule is CCNCC1CCCCN1C1CCOC2(CCCCC2)C1. The zero-order chi connectivity index (χ0) is 14.5. The lowest BCUT2D eigenvalue weighted by molar-refractivity contribution is -0.130. The summed E-state index contributed by atoms with van der Waals surface area (Å²) in [6, 6.07) is 1.54. The van der Waals surface area contributed by atoms with Gasteiger partial charge in [-0.25, -0.2) is 0 Å². The number of likely N-dealkylation sites (tertiary alicyclic amines) is 1. The van der Waals surface area contributed by atoms with E-state index in [4.69, 9.17) is 4.74 Å². The minimum absolute atomic E-state index is 0.251. The Labute approximate surface area is 130 Å². The largest absolute Gasteiger partial charge is 0.375 e. The number of ether oxygens (including phenoxy) is 1. The number of hydrogen-bond donors (Lipinski definition) is 1. The number of piperidine rings is 1. The van der Waals surface area contributed by atoms with Crippen molar-refractivity contribution in [3.63, 3.8) is 0 Å². The Morgan fingerprint density at radius 1 is 1.10 bits per heavy atom. The van der Waals surface area contributed by atoms with E-state index in [9.17, 15) is 0 Å². The van der Waals surface area contributed by atoms with Crippen molar-refractivity contribution in [2.45, 2.75) is 88.8 Å². The standard InChI is InChI=1S/C18H34N2O/c1-2-19-15-17-8-4-7-12-20(17)16-9-13-21-18(14-16)10-5-3-6-11-18/h16-17,19H,2-15H2,1H3. The van der Waals surface area contributed by atoms with E-state index in [-0.39, 0.29) is 5.60 Å². The van der Waals surface area contributed by atoms with E-state index in [1.54, 1.807) is 0 Å². The second-order valence-electron chi connectivity index (χ2n) is 7.43. The van der Waals surface area contributed by atoms with Crippen LogP contribution < -0.4 is 5.32 Å². The quantitative estimate of drug-likeness (QED) is 0.861. The first kappa shape index (κ1) is 15.8. The minimum Gasteiger partial charge on any atom is -0.375 e. The summed E-state index contributed by atoms with van der Waals surface area (Å²) in [6.07, 6.45) is 13.6. The molecular weight excluding hydrogens is 260 g/mol. The van der Waals surface area contributed by atoms with E-state index < -0.39 is 0 Å². The monoisotopic (exact) mass is 294 g/mol. The van der Waals surface area contributed by atoms with Gasteiger partial charge in [0.25, 0.3) is 0 Å². The van der Waals surface area contributed by atoms with Crippen molar-refractivity contribution in [2.24, 2.45) is 0 Å². The molecule has 0 aromatic carbocycles. The van der Waals surface area contributed by atoms with Crippen LogP contribution in [0.5, 0.6) is 0 Å². The van der Waals surface area contributed by atoms with Crippen LogP contribution in [0.3, 0.4) is 0 Å². The third-order valence-electron chi connectivity index (χ3n) is 6.00. The molecule has 1 aliphatic carbocycles. The van der Waals surface area contributed by atoms with Crippen molar-refractivity contribution in [1.82, 2.24) is 10.2 Å². The Bertz CT molecular complexity index is 309. The van der Waals surface area contributed by atoms with Crippen molar-refractivity contribution in [3.8, 4) is 0 Å². The van der Waals surface area contributed by atoms with Crippen LogP contribution in [0.4, 0.5) is 0 Å². The van der Waals surface area contributed by atoms with Gasteiger partial charge in [-0.3, -0.25) is 4.90 Å². The van der Waals surface area contributed by atoms with E-state index in [1.807, 2.05) is 0 Å². The summed E-state index contributed by atoms with van der Waals surface area (Å²) in [5.41, 5.74) is 0.251. The fourth-order valence-electron chi connectivity index (χ4n) is 4.86. The second kappa shape index (κ2) is 7.43. The van der Waals surface area contributed by atoms with Crippen molar-refractivity contribution in [1.29, 1.82) is 0 Å². The lowest BCUT2D eigenvalue weighted by atomic mass is 9.77. The zero-order valence-corrected chi connectivity index (χ0v) is 13.9. The molecule has 2 heterocycles. The van der Waals surface area contributed by atoms with Crippen molar-refractivity contribution in [3.05, 3.63) is 0 Å². The Morgan fingerprint density at radius 2 is 1.95 bits per heavy atom. The summed E-state index contributed by atoms with van der Waals surface area (Å²) < 4.78 is 6.30. The predicted molar refractivity (Wildman–Crippen MR) is 87.7 cm³/mol. The van der Waals surface area contributed by atoms with Crippen molar-refractivity contribution >= 4 is 0 Å². The van der Waals surface area contributed by atoms with E-state index >= 15 is 0 Å². The Balaban J connectivity index is 1.63. The van der Waals surface area contributed by atoms with Crippen LogP contribution >= 0.6 is 0 Å². The Hall–Kier alpha value is -0.120. The maximum absolute atomic E-state index is 6.30. The zero-order valence-electron chi connectivity index (χ0n) is 13.9. The van der Waals surface area contributed by atoms with Gasteiger partial charge >= 0.3 is 0 Å². The predicted octanol–water partition coefficient (Wildman–Crippen LogP) is 3.33. The van der Waals surface area contributed by atoms with Gasteiger partial charge in [0, 0.05) is 25.2 Å². The van der Waals surface area contributed by atoms with Gasteiger partial charge in [0.2, 0.25) is 0 Å². The Kier molecular flexibility index (Phi) is 5.58. The molecule has 2 aliphatic heterocycles. The molecule has 2 saturated heterocycles. The molecular formula is C18H34N2O. The lowest BCUT2D eigenvalue weighted by Crippen LogP contribution is -2.55. The highest BCUT2D eigenvalue weighted by Gasteiger charge is 2.41. The first-order valence-corrected chi connectivity index (χ1v) is 9.43. The summed E-state index contributed by atoms with van der Waals surface area (Å²) in [5, 5.41) is 3.59. The van der Waals surface area contributed by atoms with Crippen LogP contribution in [-0.2, 0) is 4.74 Å². The highest BCUT2D eigenvalue weighted by Crippen LogP contribution is 2.40. The molecule has 2 unspecified atom stereocenters. The third-order valence-corrected chi connectivity index (χ3v) is 6.00. The first-order valence-electron chi connectivity index (χ1n) is 9.43. The molecule has 0 aromatic rings. The van der Waals surface area contributed by atoms with Crippen LogP contribution in [0.15, 0.2) is 0 Å². The van der Waals surface area contributed by atoms with E-state index in [0.29, 0.717) is 0 Å². The van der Waals surface area contributed by atoms with E-state index in [2.05, 4.69) is 17.1 Å². The summed E-state index contributed by atoms with van der Waals surface area (Å²) >= 11 is 0. The van der Waals surface area contributed by atoms with E-state index in [0.717, 1.165) is 25.2 Å². The third kappa shape index (κ3) is 3.80. The molecule has 3 fully saturated rings. The molecule has 0 aromatic heterocycles. The summed E-state index contributed by atoms with van der Waals surface area (Å²) in [7, 11) is 0. The molecule has 1 N–H and O–H groups in total. The molecule has 3 rings (SSSR count). The molecule has 0 bridgehead atoms. The number of hydrogen-bond acceptors (Lipinski definition) is 3. The number of nitrogens with one attached hydrogen (secondary N) is 1. The van der Waals surface area contributed by atoms with Crippen LogP contribution in [-0.4, -0.2) is 48.8 Å². The smallest absolute Gasteiger partial charge is 0.0697 e. The number of nitrogens with zero attached hydrogens (tertiary/aromatic N) is 1. The molecule has 3 nitrogen and oxygen atoms in total. The number of likely N-dealkylation sites (N-methyl/N-ethyl adjacent to an activating group) is 1. The van der Waals surface area contributed by atoms with Gasteiger partial charge in [0.1, 0.15) is 0 Å². The molecule has 1 spiro atoms. The van der Waals surface area contributed by atoms with Crippen molar-refractivity contribution < 1.29 is 4.74 Å². The fourth-order valence-corrected chi connectivity index (χ4v) is 4.86. The molecule has 3 aliphatic rings. The van der Waals surface area contributed by atoms with Gasteiger partial charge in [0.15, 0.2) is 0 Å². The minimum atomic E-state index is 0.251. The average Bonchev–Trinajstić information content (AvgIpc) is 2.54. The van der Waals surface area contributed by atoms with Crippen LogP contribution in [0.25, 0.3) is 0 Å². The maximum atomic E-state index is 6.30. The van der Waals surface area contributed by atoms with Crippen molar-refractivity contribution in [2.75, 3.05) is 26.2 Å². The summed E-state index contributed by atoms with van der Waals surface area (Å²) in [6.45, 7) is 6.81. The van der Waals surface area contributed by atoms with Crippen LogP contribution in [0, 0.1) is 0 Å². The van der Waals surface area contributed by atoms with Gasteiger partial charge in [-0.15, -0.1) is 0 Å². The second-order valence-corrected chi connectivity index (χ2v) is 7.43. The summed E-state index contributed by atoms with van der Waals surface area (Å²) in [4.78, 5) is 2.85. The maximum Gasteiger partial charge on any atom is 0.0697 e. The molecule has 122 valence electrons. The molecule has 0 radical (unpaired) electrons. The van der Waals surface area contributed by atoms with Gasteiger partial charge in [-0.2, -0.15) is 0 Å². The van der Waals surface area contributed by atoms with Crippen LogP contribution in [0.1, 0.15) is 71.1 Å². The fraction of sp³-hybridized carbons (Fsp3) is 1.00. The van der Waals surface area contributed by atoms with Gasteiger partial charge in [-0.1, -0.05) is 32.6 Å². The van der Waals surface area contributed by atoms with E-state index in [1.165, 1.54) is 77.3 Å². The highest BCUT2D eigenvalue weighted by molar-refractivity contribution is 4.95. The lowest BCUT2D eigenvalue weighted by Gasteiger charge is -2.49. The molecule has 21 heavy (non-hydrogen) atoms. The van der Waals surface area contributed by atoms with Crippen LogP contribution in [0.2, 0.25) is 0 Å². The first-order chi connectivity index (χ1) is 10.3. The molecule has 1 saturated carbocycles. The Morgan fingerprint density at radius 3 is 2.76 bits per heavy atom. The van der Waals surface area contributed by atoms with Gasteiger partial charge in [0.05, 0.1) is 5.60 Å². The molecule has 3 heteroatoms. The van der Waals surface area contributed by atoms with Gasteiger partial charge in [-0.05, 0) is 51.6 Å². The average molecular weight is 294 g/mol. The molecule has 0 amide bonds. The van der Waals surface area contributed by atoms with Gasteiger partial charge < -0.3 is 10.1 Å². The normalized spacial score (nSPS) is 34.1. The molecule has 2 atom stereocenters. The highest BCUT2D eigenvalue weighted by atomic mass is 16.5. The summed E-state index contributed by atoms with van der Waals surface area (Å²) in [5.74, 6) is 0.